The Hall–Kier alpha value is -3.18. The molecule has 1 aliphatic rings. The fourth-order valence-electron chi connectivity index (χ4n) is 4.65. The van der Waals surface area contributed by atoms with Crippen LogP contribution in [0.1, 0.15) is 30.4 Å². The van der Waals surface area contributed by atoms with Gasteiger partial charge in [0.15, 0.2) is 5.58 Å². The summed E-state index contributed by atoms with van der Waals surface area (Å²) in [4.78, 5) is 0.173. The van der Waals surface area contributed by atoms with Gasteiger partial charge in [-0.15, -0.1) is 12.4 Å². The van der Waals surface area contributed by atoms with Crippen molar-refractivity contribution in [2.75, 3.05) is 16.2 Å². The van der Waals surface area contributed by atoms with E-state index in [1.807, 2.05) is 4.90 Å². The topological polar surface area (TPSA) is 123 Å². The van der Waals surface area contributed by atoms with E-state index in [0.29, 0.717) is 29.3 Å². The lowest BCUT2D eigenvalue weighted by atomic mass is 10.1. The molecular weight excluding hydrogens is 695 g/mol. The number of nitrogens with zero attached hydrogens (tertiary/aromatic N) is 1. The van der Waals surface area contributed by atoms with Gasteiger partial charge in [0.25, 0.3) is 19.1 Å². The van der Waals surface area contributed by atoms with Gasteiger partial charge < -0.3 is 15.1 Å². The second kappa shape index (κ2) is 13.7. The molecule has 3 N–H and O–H groups in total. The number of furan rings is 1. The smallest absolute Gasteiger partial charge is 0.417 e. The number of alkyl halides is 6. The van der Waals surface area contributed by atoms with Gasteiger partial charge in [-0.1, -0.05) is 24.3 Å². The van der Waals surface area contributed by atoms with Crippen molar-refractivity contribution in [2.45, 2.75) is 47.6 Å². The highest BCUT2D eigenvalue weighted by Crippen LogP contribution is 2.38. The van der Waals surface area contributed by atoms with E-state index in [-0.39, 0.29) is 24.3 Å². The zero-order valence-electron chi connectivity index (χ0n) is 22.8. The van der Waals surface area contributed by atoms with Crippen LogP contribution < -0.4 is 15.4 Å². The Balaban J connectivity index is 0.000000312. The number of benzene rings is 3. The summed E-state index contributed by atoms with van der Waals surface area (Å²) in [5.41, 5.74) is 5.03. The summed E-state index contributed by atoms with van der Waals surface area (Å²) >= 11 is 0. The molecule has 0 radical (unpaired) electrons. The predicted molar refractivity (Wildman–Crippen MR) is 159 cm³/mol. The van der Waals surface area contributed by atoms with Gasteiger partial charge in [0.05, 0.1) is 44.7 Å². The first-order valence-corrected chi connectivity index (χ1v) is 16.5. The Morgan fingerprint density at radius 2 is 1.40 bits per heavy atom. The largest absolute Gasteiger partial charge is 0.462 e. The van der Waals surface area contributed by atoms with Gasteiger partial charge in [0.2, 0.25) is 0 Å². The molecule has 45 heavy (non-hydrogen) atoms. The summed E-state index contributed by atoms with van der Waals surface area (Å²) in [5.74, 6) is 0. The quantitative estimate of drug-likeness (QED) is 0.161. The number of piperidine rings is 1. The van der Waals surface area contributed by atoms with Gasteiger partial charge in [-0.3, -0.25) is 4.72 Å². The van der Waals surface area contributed by atoms with Crippen molar-refractivity contribution in [3.63, 3.8) is 0 Å². The van der Waals surface area contributed by atoms with Crippen LogP contribution in [0.2, 0.25) is 0 Å². The number of hydrogen-bond donors (Lipinski definition) is 2. The molecule has 0 amide bonds. The summed E-state index contributed by atoms with van der Waals surface area (Å²) in [6.07, 6.45) is -5.63. The van der Waals surface area contributed by atoms with Gasteiger partial charge in [0, 0.05) is 22.6 Å². The van der Waals surface area contributed by atoms with Crippen LogP contribution in [0.5, 0.6) is 0 Å². The number of rotatable bonds is 5. The SMILES string of the molecule is Cl.NC1CCCCN1c1cc(NS(=O)(=O)c2ccccc2C(F)(F)F)cc2ccoc12.O=S(=O)(Cl)c1ccccc1C(F)(F)F. The maximum absolute atomic E-state index is 13.3. The number of nitrogens with two attached hydrogens (primary N) is 1. The normalized spacial score (nSPS) is 16.0. The summed E-state index contributed by atoms with van der Waals surface area (Å²) in [5, 5.41) is 0.618. The van der Waals surface area contributed by atoms with Gasteiger partial charge in [0.1, 0.15) is 0 Å². The van der Waals surface area contributed by atoms with Gasteiger partial charge in [-0.2, -0.15) is 26.3 Å². The third-order valence-corrected chi connectivity index (χ3v) is 9.40. The Kier molecular flexibility index (Phi) is 11.0. The molecule has 1 aliphatic heterocycles. The van der Waals surface area contributed by atoms with Gasteiger partial charge in [-0.25, -0.2) is 16.8 Å². The number of fused-ring (bicyclic) bond motifs is 1. The molecule has 0 aliphatic carbocycles. The summed E-state index contributed by atoms with van der Waals surface area (Å²) in [6.45, 7) is 0.671. The van der Waals surface area contributed by atoms with Gasteiger partial charge >= 0.3 is 12.4 Å². The third kappa shape index (κ3) is 8.55. The molecule has 246 valence electrons. The van der Waals surface area contributed by atoms with E-state index >= 15 is 0 Å². The summed E-state index contributed by atoms with van der Waals surface area (Å²) in [7, 11) is -4.01. The number of halogens is 8. The third-order valence-electron chi connectivity index (χ3n) is 6.58. The Bertz CT molecular complexity index is 1870. The van der Waals surface area contributed by atoms with Crippen molar-refractivity contribution >= 4 is 64.5 Å². The number of anilines is 2. The minimum Gasteiger partial charge on any atom is -0.462 e. The van der Waals surface area contributed by atoms with Crippen LogP contribution in [0.3, 0.4) is 0 Å². The van der Waals surface area contributed by atoms with E-state index in [9.17, 15) is 43.2 Å². The molecule has 3 aromatic carbocycles. The van der Waals surface area contributed by atoms with Crippen LogP contribution in [0, 0.1) is 0 Å². The Morgan fingerprint density at radius 1 is 0.844 bits per heavy atom. The van der Waals surface area contributed by atoms with Crippen molar-refractivity contribution in [1.82, 2.24) is 0 Å². The maximum Gasteiger partial charge on any atom is 0.417 e. The van der Waals surface area contributed by atoms with E-state index in [1.165, 1.54) is 24.5 Å². The van der Waals surface area contributed by atoms with Crippen LogP contribution >= 0.6 is 23.1 Å². The van der Waals surface area contributed by atoms with E-state index in [4.69, 9.17) is 20.8 Å². The van der Waals surface area contributed by atoms with Crippen LogP contribution in [0.25, 0.3) is 11.0 Å². The van der Waals surface area contributed by atoms with Crippen molar-refractivity contribution in [3.05, 3.63) is 84.1 Å². The molecule has 1 atom stereocenters. The lowest BCUT2D eigenvalue weighted by Crippen LogP contribution is -2.45. The zero-order chi connectivity index (χ0) is 32.5. The fraction of sp³-hybridized carbons (Fsp3) is 0.259. The second-order valence-corrected chi connectivity index (χ2v) is 13.8. The van der Waals surface area contributed by atoms with E-state index < -0.39 is 52.3 Å². The molecule has 18 heteroatoms. The molecule has 1 fully saturated rings. The van der Waals surface area contributed by atoms with Crippen LogP contribution in [0.15, 0.2) is 87.2 Å². The van der Waals surface area contributed by atoms with Crippen molar-refractivity contribution in [3.8, 4) is 0 Å². The maximum atomic E-state index is 13.3. The average molecular weight is 721 g/mol. The second-order valence-electron chi connectivity index (χ2n) is 9.62. The molecule has 0 spiro atoms. The molecule has 5 rings (SSSR count). The first-order chi connectivity index (χ1) is 20.4. The molecule has 2 heterocycles. The first-order valence-electron chi connectivity index (χ1n) is 12.7. The molecule has 1 unspecified atom stereocenters. The zero-order valence-corrected chi connectivity index (χ0v) is 26.0. The van der Waals surface area contributed by atoms with E-state index in [1.54, 1.807) is 12.1 Å². The lowest BCUT2D eigenvalue weighted by Gasteiger charge is -2.35. The predicted octanol–water partition coefficient (Wildman–Crippen LogP) is 7.58. The van der Waals surface area contributed by atoms with Crippen molar-refractivity contribution in [2.24, 2.45) is 5.73 Å². The van der Waals surface area contributed by atoms with Gasteiger partial charge in [-0.05, 0) is 61.7 Å². The number of nitrogens with one attached hydrogen (secondary N) is 1. The molecule has 8 nitrogen and oxygen atoms in total. The Labute approximate surface area is 265 Å². The van der Waals surface area contributed by atoms with Crippen LogP contribution in [-0.4, -0.2) is 29.5 Å². The van der Waals surface area contributed by atoms with E-state index in [0.717, 1.165) is 49.6 Å². The van der Waals surface area contributed by atoms with Crippen molar-refractivity contribution in [1.29, 1.82) is 0 Å². The molecular formula is C27H25Cl2F6N3O5S2. The summed E-state index contributed by atoms with van der Waals surface area (Å²) < 4.78 is 132. The highest BCUT2D eigenvalue weighted by atomic mass is 35.7. The molecule has 0 bridgehead atoms. The summed E-state index contributed by atoms with van der Waals surface area (Å²) in [6, 6.07) is 12.5. The number of hydrogen-bond acceptors (Lipinski definition) is 7. The Morgan fingerprint density at radius 3 is 1.93 bits per heavy atom. The first kappa shape index (κ1) is 36.3. The lowest BCUT2D eigenvalue weighted by molar-refractivity contribution is -0.140. The molecule has 1 saturated heterocycles. The monoisotopic (exact) mass is 719 g/mol. The standard InChI is InChI=1S/C20H20F3N3O3S.C7H4ClF3O2S.ClH/c21-20(22,23)15-5-1-2-6-17(15)30(27,28)25-14-11-13-8-10-29-19(13)16(12-14)26-9-4-3-7-18(26)24;8-14(12,13)6-4-2-1-3-5(6)7(9,10)11;/h1-2,5-6,8,10-12,18,25H,3-4,7,9,24H2;1-4H;1H. The highest BCUT2D eigenvalue weighted by molar-refractivity contribution is 8.13. The molecule has 4 aromatic rings. The molecule has 1 aromatic heterocycles. The van der Waals surface area contributed by atoms with E-state index in [2.05, 4.69) is 4.72 Å². The average Bonchev–Trinajstić information content (AvgIpc) is 3.41. The molecule has 0 saturated carbocycles. The van der Waals surface area contributed by atoms with Crippen molar-refractivity contribution < 1.29 is 47.6 Å². The minimum atomic E-state index is -4.80. The van der Waals surface area contributed by atoms with Crippen LogP contribution in [0.4, 0.5) is 37.7 Å². The minimum absolute atomic E-state index is 0. The fourth-order valence-corrected chi connectivity index (χ4v) is 7.01. The van der Waals surface area contributed by atoms with Crippen LogP contribution in [-0.2, 0) is 31.4 Å². The highest BCUT2D eigenvalue weighted by Gasteiger charge is 2.37. The number of sulfonamides is 1.